The zero-order valence-corrected chi connectivity index (χ0v) is 10.6. The Hall–Kier alpha value is -2.04. The topological polar surface area (TPSA) is 81.4 Å². The van der Waals surface area contributed by atoms with Gasteiger partial charge in [0, 0.05) is 11.3 Å². The molecule has 3 N–H and O–H groups in total. The van der Waals surface area contributed by atoms with Gasteiger partial charge >= 0.3 is 5.97 Å². The SMILES string of the molecule is CCOC(=O)C(CC)Nc1ccc(C(N)=O)cc1. The number of primary amides is 1. The molecule has 1 unspecified atom stereocenters. The molecule has 0 saturated heterocycles. The maximum absolute atomic E-state index is 11.6. The van der Waals surface area contributed by atoms with Gasteiger partial charge in [-0.05, 0) is 37.6 Å². The summed E-state index contributed by atoms with van der Waals surface area (Å²) in [4.78, 5) is 22.5. The van der Waals surface area contributed by atoms with Crippen molar-refractivity contribution in [3.63, 3.8) is 0 Å². The lowest BCUT2D eigenvalue weighted by Gasteiger charge is -2.16. The van der Waals surface area contributed by atoms with E-state index in [-0.39, 0.29) is 12.0 Å². The van der Waals surface area contributed by atoms with E-state index in [0.29, 0.717) is 18.6 Å². The van der Waals surface area contributed by atoms with E-state index < -0.39 is 5.91 Å². The summed E-state index contributed by atoms with van der Waals surface area (Å²) in [5.41, 5.74) is 6.33. The van der Waals surface area contributed by atoms with Crippen LogP contribution in [-0.4, -0.2) is 24.5 Å². The van der Waals surface area contributed by atoms with E-state index in [9.17, 15) is 9.59 Å². The first-order valence-electron chi connectivity index (χ1n) is 5.91. The summed E-state index contributed by atoms with van der Waals surface area (Å²) in [6.07, 6.45) is 0.621. The van der Waals surface area contributed by atoms with Crippen LogP contribution in [0.4, 0.5) is 5.69 Å². The van der Waals surface area contributed by atoms with E-state index in [0.717, 1.165) is 5.69 Å². The van der Waals surface area contributed by atoms with Crippen LogP contribution >= 0.6 is 0 Å². The summed E-state index contributed by atoms with van der Waals surface area (Å²) >= 11 is 0. The monoisotopic (exact) mass is 250 g/mol. The first kappa shape index (κ1) is 14.0. The Labute approximate surface area is 106 Å². The molecule has 98 valence electrons. The first-order chi connectivity index (χ1) is 8.58. The molecule has 18 heavy (non-hydrogen) atoms. The Morgan fingerprint density at radius 3 is 2.33 bits per heavy atom. The third-order valence-electron chi connectivity index (χ3n) is 2.49. The molecule has 0 bridgehead atoms. The quantitative estimate of drug-likeness (QED) is 0.750. The molecule has 5 heteroatoms. The van der Waals surface area contributed by atoms with Crippen LogP contribution in [0.25, 0.3) is 0 Å². The number of nitrogens with two attached hydrogens (primary N) is 1. The minimum Gasteiger partial charge on any atom is -0.464 e. The Balaban J connectivity index is 2.70. The minimum atomic E-state index is -0.473. The third-order valence-corrected chi connectivity index (χ3v) is 2.49. The van der Waals surface area contributed by atoms with Gasteiger partial charge in [-0.1, -0.05) is 6.92 Å². The van der Waals surface area contributed by atoms with Crippen LogP contribution in [0.2, 0.25) is 0 Å². The molecule has 0 radical (unpaired) electrons. The number of benzene rings is 1. The van der Waals surface area contributed by atoms with Gasteiger partial charge in [-0.25, -0.2) is 4.79 Å². The van der Waals surface area contributed by atoms with Crippen molar-refractivity contribution in [1.29, 1.82) is 0 Å². The van der Waals surface area contributed by atoms with Gasteiger partial charge in [0.1, 0.15) is 6.04 Å². The molecule has 0 aliphatic heterocycles. The molecule has 0 fully saturated rings. The first-order valence-corrected chi connectivity index (χ1v) is 5.91. The molecule has 0 aliphatic rings. The molecule has 1 aromatic rings. The normalized spacial score (nSPS) is 11.7. The predicted octanol–water partition coefficient (Wildman–Crippen LogP) is 1.54. The molecular formula is C13H18N2O3. The van der Waals surface area contributed by atoms with Crippen LogP contribution in [0.1, 0.15) is 30.6 Å². The number of hydrogen-bond acceptors (Lipinski definition) is 4. The number of carbonyl (C=O) groups is 2. The number of carbonyl (C=O) groups excluding carboxylic acids is 2. The van der Waals surface area contributed by atoms with E-state index in [2.05, 4.69) is 5.32 Å². The van der Waals surface area contributed by atoms with Crippen molar-refractivity contribution in [3.05, 3.63) is 29.8 Å². The van der Waals surface area contributed by atoms with Crippen molar-refractivity contribution in [3.8, 4) is 0 Å². The fraction of sp³-hybridized carbons (Fsp3) is 0.385. The highest BCUT2D eigenvalue weighted by Crippen LogP contribution is 2.12. The fourth-order valence-electron chi connectivity index (χ4n) is 1.50. The minimum absolute atomic E-state index is 0.279. The van der Waals surface area contributed by atoms with E-state index in [1.165, 1.54) is 0 Å². The van der Waals surface area contributed by atoms with Gasteiger partial charge in [0.15, 0.2) is 0 Å². The van der Waals surface area contributed by atoms with E-state index in [4.69, 9.17) is 10.5 Å². The van der Waals surface area contributed by atoms with Gasteiger partial charge in [0.25, 0.3) is 0 Å². The molecule has 1 aromatic carbocycles. The third kappa shape index (κ3) is 3.76. The number of rotatable bonds is 6. The van der Waals surface area contributed by atoms with Gasteiger partial charge in [-0.2, -0.15) is 0 Å². The Kier molecular flexibility index (Phi) is 5.17. The van der Waals surface area contributed by atoms with Crippen molar-refractivity contribution >= 4 is 17.6 Å². The second kappa shape index (κ2) is 6.64. The lowest BCUT2D eigenvalue weighted by molar-refractivity contribution is -0.144. The Morgan fingerprint density at radius 2 is 1.89 bits per heavy atom. The predicted molar refractivity (Wildman–Crippen MR) is 69.3 cm³/mol. The van der Waals surface area contributed by atoms with E-state index in [1.54, 1.807) is 31.2 Å². The number of esters is 1. The van der Waals surface area contributed by atoms with Crippen LogP contribution < -0.4 is 11.1 Å². The highest BCUT2D eigenvalue weighted by molar-refractivity contribution is 5.93. The van der Waals surface area contributed by atoms with Gasteiger partial charge in [0.05, 0.1) is 6.61 Å². The summed E-state index contributed by atoms with van der Waals surface area (Å²) in [5.74, 6) is -0.752. The fourth-order valence-corrected chi connectivity index (χ4v) is 1.50. The summed E-state index contributed by atoms with van der Waals surface area (Å²) in [7, 11) is 0. The Morgan fingerprint density at radius 1 is 1.28 bits per heavy atom. The van der Waals surface area contributed by atoms with Gasteiger partial charge < -0.3 is 15.8 Å². The number of hydrogen-bond donors (Lipinski definition) is 2. The number of ether oxygens (including phenoxy) is 1. The van der Waals surface area contributed by atoms with Crippen LogP contribution in [0.5, 0.6) is 0 Å². The molecule has 0 aromatic heterocycles. The number of amides is 1. The van der Waals surface area contributed by atoms with Crippen LogP contribution in [0.15, 0.2) is 24.3 Å². The second-order valence-electron chi connectivity index (χ2n) is 3.80. The van der Waals surface area contributed by atoms with Gasteiger partial charge in [-0.15, -0.1) is 0 Å². The van der Waals surface area contributed by atoms with Crippen molar-refractivity contribution in [2.45, 2.75) is 26.3 Å². The van der Waals surface area contributed by atoms with Crippen molar-refractivity contribution in [1.82, 2.24) is 0 Å². The smallest absolute Gasteiger partial charge is 0.328 e. The van der Waals surface area contributed by atoms with E-state index >= 15 is 0 Å². The van der Waals surface area contributed by atoms with Crippen molar-refractivity contribution in [2.24, 2.45) is 5.73 Å². The summed E-state index contributed by atoms with van der Waals surface area (Å²) in [5, 5.41) is 3.05. The average Bonchev–Trinajstić information content (AvgIpc) is 2.36. The largest absolute Gasteiger partial charge is 0.464 e. The summed E-state index contributed by atoms with van der Waals surface area (Å²) < 4.78 is 4.95. The highest BCUT2D eigenvalue weighted by Gasteiger charge is 2.17. The molecule has 0 saturated carbocycles. The van der Waals surface area contributed by atoms with Gasteiger partial charge in [0.2, 0.25) is 5.91 Å². The molecule has 0 spiro atoms. The summed E-state index contributed by atoms with van der Waals surface area (Å²) in [6.45, 7) is 4.02. The Bertz CT molecular complexity index is 415. The van der Waals surface area contributed by atoms with E-state index in [1.807, 2.05) is 6.92 Å². The van der Waals surface area contributed by atoms with Crippen LogP contribution in [-0.2, 0) is 9.53 Å². The molecule has 0 heterocycles. The maximum Gasteiger partial charge on any atom is 0.328 e. The summed E-state index contributed by atoms with van der Waals surface area (Å²) in [6, 6.07) is 6.26. The molecule has 0 aliphatic carbocycles. The molecule has 1 atom stereocenters. The van der Waals surface area contributed by atoms with Crippen LogP contribution in [0, 0.1) is 0 Å². The number of nitrogens with one attached hydrogen (secondary N) is 1. The zero-order chi connectivity index (χ0) is 13.5. The van der Waals surface area contributed by atoms with Gasteiger partial charge in [-0.3, -0.25) is 4.79 Å². The standard InChI is InChI=1S/C13H18N2O3/c1-3-11(13(17)18-4-2)15-10-7-5-9(6-8-10)12(14)16/h5-8,11,15H,3-4H2,1-2H3,(H2,14,16). The zero-order valence-electron chi connectivity index (χ0n) is 10.6. The average molecular weight is 250 g/mol. The van der Waals surface area contributed by atoms with Crippen molar-refractivity contribution in [2.75, 3.05) is 11.9 Å². The highest BCUT2D eigenvalue weighted by atomic mass is 16.5. The molecule has 1 rings (SSSR count). The second-order valence-corrected chi connectivity index (χ2v) is 3.80. The lowest BCUT2D eigenvalue weighted by Crippen LogP contribution is -2.30. The molecule has 1 amide bonds. The maximum atomic E-state index is 11.6. The van der Waals surface area contributed by atoms with Crippen LogP contribution in [0.3, 0.4) is 0 Å². The molecular weight excluding hydrogens is 232 g/mol. The van der Waals surface area contributed by atoms with Crippen molar-refractivity contribution < 1.29 is 14.3 Å². The molecule has 5 nitrogen and oxygen atoms in total. The number of anilines is 1. The lowest BCUT2D eigenvalue weighted by atomic mass is 10.1.